The minimum absolute atomic E-state index is 0.0733. The van der Waals surface area contributed by atoms with Crippen LogP contribution in [0.15, 0.2) is 29.2 Å². The fraction of sp³-hybridized carbons (Fsp3) is 0.632. The summed E-state index contributed by atoms with van der Waals surface area (Å²) in [7, 11) is -2.02. The van der Waals surface area contributed by atoms with Crippen LogP contribution in [0, 0.1) is 5.92 Å². The first-order chi connectivity index (χ1) is 12.5. The fourth-order valence-corrected chi connectivity index (χ4v) is 4.91. The fourth-order valence-electron chi connectivity index (χ4n) is 3.61. The van der Waals surface area contributed by atoms with Gasteiger partial charge in [-0.05, 0) is 43.4 Å². The Kier molecular flexibility index (Phi) is 6.32. The van der Waals surface area contributed by atoms with Gasteiger partial charge in [-0.1, -0.05) is 18.9 Å². The van der Waals surface area contributed by atoms with Gasteiger partial charge >= 0.3 is 0 Å². The first-order valence-corrected chi connectivity index (χ1v) is 10.9. The summed E-state index contributed by atoms with van der Waals surface area (Å²) < 4.78 is 32.5. The van der Waals surface area contributed by atoms with Gasteiger partial charge in [-0.15, -0.1) is 0 Å². The van der Waals surface area contributed by atoms with E-state index in [1.807, 2.05) is 4.90 Å². The number of benzene rings is 1. The number of sulfonamides is 1. The Labute approximate surface area is 156 Å². The summed E-state index contributed by atoms with van der Waals surface area (Å²) in [6.45, 7) is 3.23. The molecule has 0 bridgehead atoms. The molecule has 2 fully saturated rings. The lowest BCUT2D eigenvalue weighted by Crippen LogP contribution is -2.33. The molecule has 0 aliphatic carbocycles. The molecule has 0 aromatic heterocycles. The van der Waals surface area contributed by atoms with Crippen molar-refractivity contribution in [2.75, 3.05) is 39.9 Å². The first kappa shape index (κ1) is 19.3. The topological polar surface area (TPSA) is 66.9 Å². The van der Waals surface area contributed by atoms with E-state index in [1.54, 1.807) is 25.2 Å². The molecule has 0 saturated carbocycles. The minimum atomic E-state index is -3.61. The summed E-state index contributed by atoms with van der Waals surface area (Å²) >= 11 is 0. The third kappa shape index (κ3) is 4.45. The summed E-state index contributed by atoms with van der Waals surface area (Å²) in [4.78, 5) is 14.8. The van der Waals surface area contributed by atoms with Crippen molar-refractivity contribution in [3.63, 3.8) is 0 Å². The smallest absolute Gasteiger partial charge is 0.253 e. The average Bonchev–Trinajstić information content (AvgIpc) is 3.00. The third-order valence-electron chi connectivity index (χ3n) is 5.22. The number of likely N-dealkylation sites (tertiary alicyclic amines) is 1. The highest BCUT2D eigenvalue weighted by Crippen LogP contribution is 2.21. The molecular formula is C19H28N2O4S. The van der Waals surface area contributed by atoms with Gasteiger partial charge in [-0.3, -0.25) is 4.79 Å². The number of carbonyl (C=O) groups excluding carboxylic acids is 1. The second kappa shape index (κ2) is 8.50. The van der Waals surface area contributed by atoms with Gasteiger partial charge in [-0.25, -0.2) is 12.7 Å². The molecule has 144 valence electrons. The molecule has 1 aromatic carbocycles. The Morgan fingerprint density at radius 3 is 2.62 bits per heavy atom. The van der Waals surface area contributed by atoms with E-state index in [0.717, 1.165) is 45.2 Å². The quantitative estimate of drug-likeness (QED) is 0.786. The van der Waals surface area contributed by atoms with E-state index in [2.05, 4.69) is 0 Å². The summed E-state index contributed by atoms with van der Waals surface area (Å²) in [5.41, 5.74) is 0.450. The summed E-state index contributed by atoms with van der Waals surface area (Å²) in [5, 5.41) is 0. The molecule has 26 heavy (non-hydrogen) atoms. The first-order valence-electron chi connectivity index (χ1n) is 9.42. The van der Waals surface area contributed by atoms with Gasteiger partial charge in [0.25, 0.3) is 5.91 Å². The lowest BCUT2D eigenvalue weighted by atomic mass is 10.1. The number of nitrogens with zero attached hydrogens (tertiary/aromatic N) is 2. The van der Waals surface area contributed by atoms with Crippen LogP contribution in [0.1, 0.15) is 42.5 Å². The lowest BCUT2D eigenvalue weighted by Gasteiger charge is -2.22. The second-order valence-corrected chi connectivity index (χ2v) is 9.29. The van der Waals surface area contributed by atoms with Crippen LogP contribution in [0.25, 0.3) is 0 Å². The van der Waals surface area contributed by atoms with Crippen LogP contribution in [0.3, 0.4) is 0 Å². The maximum atomic E-state index is 12.9. The summed E-state index contributed by atoms with van der Waals surface area (Å²) in [6.07, 6.45) is 5.20. The van der Waals surface area contributed by atoms with E-state index in [9.17, 15) is 13.2 Å². The zero-order valence-electron chi connectivity index (χ0n) is 15.4. The van der Waals surface area contributed by atoms with Gasteiger partial charge in [0, 0.05) is 38.9 Å². The second-order valence-electron chi connectivity index (χ2n) is 7.25. The van der Waals surface area contributed by atoms with Crippen LogP contribution < -0.4 is 0 Å². The minimum Gasteiger partial charge on any atom is -0.381 e. The van der Waals surface area contributed by atoms with Crippen LogP contribution >= 0.6 is 0 Å². The maximum absolute atomic E-state index is 12.9. The number of hydrogen-bond donors (Lipinski definition) is 0. The van der Waals surface area contributed by atoms with E-state index >= 15 is 0 Å². The molecule has 2 aliphatic rings. The Balaban J connectivity index is 1.75. The van der Waals surface area contributed by atoms with Gasteiger partial charge in [0.1, 0.15) is 0 Å². The standard InChI is InChI=1S/C19H28N2O4S/c1-20(14-16-9-12-25-15-16)26(23,24)18-8-6-7-17(13-18)19(22)21-10-4-2-3-5-11-21/h6-8,13,16H,2-5,9-12,14-15H2,1H3/t16-/m0/s1. The predicted octanol–water partition coefficient (Wildman–Crippen LogP) is 2.36. The van der Waals surface area contributed by atoms with Crippen LogP contribution in [0.2, 0.25) is 0 Å². The largest absolute Gasteiger partial charge is 0.381 e. The van der Waals surface area contributed by atoms with Gasteiger partial charge in [0.15, 0.2) is 0 Å². The maximum Gasteiger partial charge on any atom is 0.253 e. The molecule has 3 rings (SSSR count). The van der Waals surface area contributed by atoms with Crippen LogP contribution in [-0.2, 0) is 14.8 Å². The average molecular weight is 381 g/mol. The van der Waals surface area contributed by atoms with Crippen molar-refractivity contribution in [1.29, 1.82) is 0 Å². The Bertz CT molecular complexity index is 721. The van der Waals surface area contributed by atoms with Crippen molar-refractivity contribution in [3.05, 3.63) is 29.8 Å². The molecule has 1 amide bonds. The van der Waals surface area contributed by atoms with Gasteiger partial charge in [0.2, 0.25) is 10.0 Å². The number of carbonyl (C=O) groups is 1. The zero-order valence-corrected chi connectivity index (χ0v) is 16.2. The van der Waals surface area contributed by atoms with Gasteiger partial charge in [0.05, 0.1) is 11.5 Å². The molecule has 0 radical (unpaired) electrons. The van der Waals surface area contributed by atoms with Gasteiger partial charge in [-0.2, -0.15) is 0 Å². The van der Waals surface area contributed by atoms with Crippen molar-refractivity contribution in [2.45, 2.75) is 37.0 Å². The number of rotatable bonds is 5. The Hall–Kier alpha value is -1.44. The van der Waals surface area contributed by atoms with Crippen molar-refractivity contribution >= 4 is 15.9 Å². The van der Waals surface area contributed by atoms with Crippen LogP contribution in [-0.4, -0.2) is 63.4 Å². The van der Waals surface area contributed by atoms with Crippen molar-refractivity contribution in [2.24, 2.45) is 5.92 Å². The molecule has 1 aromatic rings. The highest BCUT2D eigenvalue weighted by atomic mass is 32.2. The third-order valence-corrected chi connectivity index (χ3v) is 7.04. The monoisotopic (exact) mass is 380 g/mol. The van der Waals surface area contributed by atoms with Crippen LogP contribution in [0.5, 0.6) is 0 Å². The lowest BCUT2D eigenvalue weighted by molar-refractivity contribution is 0.0761. The van der Waals surface area contributed by atoms with Gasteiger partial charge < -0.3 is 9.64 Å². The molecule has 0 spiro atoms. The molecule has 1 atom stereocenters. The van der Waals surface area contributed by atoms with Crippen LogP contribution in [0.4, 0.5) is 0 Å². The molecule has 2 saturated heterocycles. The Morgan fingerprint density at radius 2 is 1.96 bits per heavy atom. The number of ether oxygens (including phenoxy) is 1. The summed E-state index contributed by atoms with van der Waals surface area (Å²) in [5.74, 6) is 0.160. The highest BCUT2D eigenvalue weighted by molar-refractivity contribution is 7.89. The molecular weight excluding hydrogens is 352 g/mol. The molecule has 0 N–H and O–H groups in total. The van der Waals surface area contributed by atoms with E-state index in [-0.39, 0.29) is 16.7 Å². The van der Waals surface area contributed by atoms with Crippen molar-refractivity contribution in [1.82, 2.24) is 9.21 Å². The van der Waals surface area contributed by atoms with E-state index in [4.69, 9.17) is 4.74 Å². The molecule has 2 heterocycles. The SMILES string of the molecule is CN(C[C@@H]1CCOC1)S(=O)(=O)c1cccc(C(=O)N2CCCCCC2)c1. The zero-order chi connectivity index (χ0) is 18.6. The molecule has 6 nitrogen and oxygen atoms in total. The predicted molar refractivity (Wildman–Crippen MR) is 99.6 cm³/mol. The molecule has 0 unspecified atom stereocenters. The molecule has 7 heteroatoms. The molecule has 2 aliphatic heterocycles. The highest BCUT2D eigenvalue weighted by Gasteiger charge is 2.27. The normalized spacial score (nSPS) is 21.8. The summed E-state index contributed by atoms with van der Waals surface area (Å²) in [6, 6.07) is 6.45. The van der Waals surface area contributed by atoms with E-state index in [1.165, 1.54) is 10.4 Å². The van der Waals surface area contributed by atoms with E-state index < -0.39 is 10.0 Å². The number of hydrogen-bond acceptors (Lipinski definition) is 4. The Morgan fingerprint density at radius 1 is 1.23 bits per heavy atom. The van der Waals surface area contributed by atoms with Crippen molar-refractivity contribution in [3.8, 4) is 0 Å². The number of amides is 1. The van der Waals surface area contributed by atoms with Crippen molar-refractivity contribution < 1.29 is 17.9 Å². The van der Waals surface area contributed by atoms with E-state index in [0.29, 0.717) is 25.3 Å².